The number of alkyl halides is 1. The first-order valence-electron chi connectivity index (χ1n) is 11.5. The molecule has 2 aromatic rings. The molecular formula is C22H24FN7O5S4. The second kappa shape index (κ2) is 13.5. The Bertz CT molecular complexity index is 1310. The van der Waals surface area contributed by atoms with E-state index in [1.165, 1.54) is 28.9 Å². The van der Waals surface area contributed by atoms with Gasteiger partial charge in [-0.3, -0.25) is 19.5 Å². The van der Waals surface area contributed by atoms with Crippen molar-refractivity contribution >= 4 is 75.2 Å². The summed E-state index contributed by atoms with van der Waals surface area (Å²) < 4.78 is 12.5. The van der Waals surface area contributed by atoms with Gasteiger partial charge in [-0.05, 0) is 11.6 Å². The third kappa shape index (κ3) is 6.66. The number of nitrogens with zero attached hydrogens (tertiary/aromatic N) is 4. The smallest absolute Gasteiger partial charge is 0.276 e. The van der Waals surface area contributed by atoms with E-state index in [-0.39, 0.29) is 34.6 Å². The monoisotopic (exact) mass is 613 g/mol. The number of carboxylic acid groups (broad SMARTS) is 1. The van der Waals surface area contributed by atoms with Crippen molar-refractivity contribution in [2.24, 2.45) is 5.16 Å². The third-order valence-electron chi connectivity index (χ3n) is 5.36. The maximum Gasteiger partial charge on any atom is 0.276 e. The molecule has 0 bridgehead atoms. The molecular weight excluding hydrogens is 590 g/mol. The van der Waals surface area contributed by atoms with Crippen LogP contribution in [0.3, 0.4) is 0 Å². The number of carboxylic acids is 1. The number of rotatable bonds is 13. The molecule has 0 unspecified atom stereocenters. The van der Waals surface area contributed by atoms with Crippen molar-refractivity contribution in [3.8, 4) is 0 Å². The molecule has 0 saturated carbocycles. The Morgan fingerprint density at radius 3 is 2.95 bits per heavy atom. The van der Waals surface area contributed by atoms with E-state index in [2.05, 4.69) is 26.2 Å². The molecule has 2 amide bonds. The summed E-state index contributed by atoms with van der Waals surface area (Å²) in [6.45, 7) is -0.407. The summed E-state index contributed by atoms with van der Waals surface area (Å²) in [6.07, 6.45) is 3.37. The van der Waals surface area contributed by atoms with Gasteiger partial charge >= 0.3 is 0 Å². The van der Waals surface area contributed by atoms with Crippen molar-refractivity contribution in [3.63, 3.8) is 0 Å². The Morgan fingerprint density at radius 1 is 1.44 bits per heavy atom. The van der Waals surface area contributed by atoms with Crippen LogP contribution in [-0.2, 0) is 25.0 Å². The summed E-state index contributed by atoms with van der Waals surface area (Å²) in [5, 5.41) is 19.4. The van der Waals surface area contributed by atoms with E-state index in [0.29, 0.717) is 10.7 Å². The van der Waals surface area contributed by atoms with Crippen LogP contribution in [0.2, 0.25) is 0 Å². The predicted molar refractivity (Wildman–Crippen MR) is 146 cm³/mol. The van der Waals surface area contributed by atoms with Crippen molar-refractivity contribution in [2.45, 2.75) is 22.1 Å². The highest BCUT2D eigenvalue weighted by atomic mass is 32.2. The number of hydrogen-bond donors (Lipinski definition) is 3. The number of aliphatic carboxylic acids is 1. The second-order valence-electron chi connectivity index (χ2n) is 7.94. The molecule has 0 aliphatic carbocycles. The Kier molecular flexibility index (Phi) is 10.1. The van der Waals surface area contributed by atoms with Crippen LogP contribution >= 0.6 is 46.6 Å². The van der Waals surface area contributed by atoms with Gasteiger partial charge in [-0.25, -0.2) is 9.37 Å². The third-order valence-corrected chi connectivity index (χ3v) is 9.79. The molecule has 4 heterocycles. The van der Waals surface area contributed by atoms with E-state index in [1.807, 2.05) is 0 Å². The molecule has 0 spiro atoms. The molecule has 2 aromatic heterocycles. The molecule has 0 radical (unpaired) electrons. The molecule has 0 aromatic carbocycles. The van der Waals surface area contributed by atoms with Gasteiger partial charge in [0, 0.05) is 44.8 Å². The van der Waals surface area contributed by atoms with E-state index >= 15 is 0 Å². The number of nitrogens with one attached hydrogen (secondary N) is 1. The lowest BCUT2D eigenvalue weighted by atomic mass is 10.0. The molecule has 39 heavy (non-hydrogen) atoms. The minimum absolute atomic E-state index is 0.101. The van der Waals surface area contributed by atoms with Gasteiger partial charge in [0.2, 0.25) is 0 Å². The van der Waals surface area contributed by atoms with E-state index in [0.717, 1.165) is 39.0 Å². The van der Waals surface area contributed by atoms with Gasteiger partial charge in [-0.2, -0.15) is 11.8 Å². The molecule has 1 saturated heterocycles. The van der Waals surface area contributed by atoms with Crippen molar-refractivity contribution in [1.82, 2.24) is 20.2 Å². The van der Waals surface area contributed by atoms with Crippen LogP contribution in [0.15, 0.2) is 44.5 Å². The quantitative estimate of drug-likeness (QED) is 0.114. The fourth-order valence-electron chi connectivity index (χ4n) is 3.65. The van der Waals surface area contributed by atoms with Gasteiger partial charge in [0.15, 0.2) is 10.8 Å². The lowest BCUT2D eigenvalue weighted by molar-refractivity contribution is -0.360. The van der Waals surface area contributed by atoms with Gasteiger partial charge in [0.05, 0.1) is 18.2 Å². The highest BCUT2D eigenvalue weighted by Crippen LogP contribution is 2.45. The van der Waals surface area contributed by atoms with Crippen LogP contribution < -0.4 is 21.9 Å². The highest BCUT2D eigenvalue weighted by Gasteiger charge is 2.53. The number of carbonyl (C=O) groups is 3. The summed E-state index contributed by atoms with van der Waals surface area (Å²) in [7, 11) is 0. The molecule has 208 valence electrons. The maximum atomic E-state index is 13.1. The maximum absolute atomic E-state index is 13.1. The van der Waals surface area contributed by atoms with Crippen molar-refractivity contribution < 1.29 is 34.5 Å². The zero-order chi connectivity index (χ0) is 27.9. The number of thiazole rings is 1. The summed E-state index contributed by atoms with van der Waals surface area (Å²) in [4.78, 5) is 53.7. The zero-order valence-corrected chi connectivity index (χ0v) is 23.6. The summed E-state index contributed by atoms with van der Waals surface area (Å²) in [5.41, 5.74) is 10.0. The first-order valence-corrected chi connectivity index (χ1v) is 15.4. The van der Waals surface area contributed by atoms with E-state index < -0.39 is 35.9 Å². The number of nitrogens with two attached hydrogens (primary N) is 1. The number of halogens is 1. The topological polar surface area (TPSA) is 191 Å². The Morgan fingerprint density at radius 2 is 2.26 bits per heavy atom. The van der Waals surface area contributed by atoms with Crippen molar-refractivity contribution in [3.05, 3.63) is 45.7 Å². The number of β-lactam (4-membered cyclic amide) rings is 1. The average Bonchev–Trinajstić information content (AvgIpc) is 3.35. The van der Waals surface area contributed by atoms with Crippen molar-refractivity contribution in [2.75, 3.05) is 37.1 Å². The summed E-state index contributed by atoms with van der Waals surface area (Å²) in [6, 6.07) is 0.778. The zero-order valence-electron chi connectivity index (χ0n) is 20.3. The molecule has 4 rings (SSSR count). The fourth-order valence-corrected chi connectivity index (χ4v) is 7.65. The molecule has 2 atom stereocenters. The van der Waals surface area contributed by atoms with Gasteiger partial charge in [-0.1, -0.05) is 16.9 Å². The van der Waals surface area contributed by atoms with E-state index in [9.17, 15) is 23.9 Å². The van der Waals surface area contributed by atoms with Gasteiger partial charge in [-0.15, -0.1) is 23.1 Å². The molecule has 12 nitrogen and oxygen atoms in total. The summed E-state index contributed by atoms with van der Waals surface area (Å²) in [5.74, 6) is -1.04. The van der Waals surface area contributed by atoms with E-state index in [1.54, 1.807) is 30.2 Å². The number of hydrogen-bond acceptors (Lipinski definition) is 13. The summed E-state index contributed by atoms with van der Waals surface area (Å²) >= 11 is 5.34. The van der Waals surface area contributed by atoms with Gasteiger partial charge in [0.1, 0.15) is 30.4 Å². The van der Waals surface area contributed by atoms with Crippen LogP contribution in [0.1, 0.15) is 11.3 Å². The van der Waals surface area contributed by atoms with Crippen LogP contribution in [-0.4, -0.2) is 81.1 Å². The van der Waals surface area contributed by atoms with E-state index in [4.69, 9.17) is 10.6 Å². The van der Waals surface area contributed by atoms with Crippen LogP contribution in [0.4, 0.5) is 9.52 Å². The number of aromatic nitrogens is 2. The highest BCUT2D eigenvalue weighted by molar-refractivity contribution is 8.06. The Labute approximate surface area is 239 Å². The number of nitrogen functional groups attached to an aromatic ring is 1. The number of oxime groups is 1. The molecule has 2 aliphatic heterocycles. The SMILES string of the molecule is Nc1nc(/C(=N/OCCF)C(=O)N[C@@H]2C(=O)N3C(C(=O)[O-])=C(Sc4ccncc4CSCC[NH3+])CS[C@H]23)cs1. The average molecular weight is 614 g/mol. The number of amides is 2. The van der Waals surface area contributed by atoms with Crippen LogP contribution in [0.5, 0.6) is 0 Å². The minimum Gasteiger partial charge on any atom is -0.543 e. The number of quaternary nitrogens is 1. The van der Waals surface area contributed by atoms with Gasteiger partial charge in [0.25, 0.3) is 11.8 Å². The first-order chi connectivity index (χ1) is 18.8. The van der Waals surface area contributed by atoms with Crippen molar-refractivity contribution in [1.29, 1.82) is 0 Å². The number of carbonyl (C=O) groups excluding carboxylic acids is 3. The number of anilines is 1. The number of pyridine rings is 1. The molecule has 2 aliphatic rings. The molecule has 6 N–H and O–H groups in total. The number of fused-ring (bicyclic) bond motifs is 1. The lowest BCUT2D eigenvalue weighted by Crippen LogP contribution is -2.71. The molecule has 17 heteroatoms. The Balaban J connectivity index is 1.52. The minimum atomic E-state index is -1.48. The molecule has 1 fully saturated rings. The van der Waals surface area contributed by atoms with Gasteiger partial charge < -0.3 is 31.5 Å². The Hall–Kier alpha value is -2.86. The first kappa shape index (κ1) is 29.1. The lowest BCUT2D eigenvalue weighted by Gasteiger charge is -2.50. The standard InChI is InChI=1S/C22H24FN7O5S4/c23-2-5-35-29-15(12-9-38-22(25)27-12)18(31)28-16-19(32)30-17(21(33)34)14(10-37-20(16)30)39-13-1-4-26-7-11(13)8-36-6-3-24/h1,4,7,9,16,20H,2-3,5-6,8,10,24H2,(H2,25,27)(H,28,31)(H,33,34)/b29-15-/t16-,20-/m1/s1. The predicted octanol–water partition coefficient (Wildman–Crippen LogP) is -0.561. The van der Waals surface area contributed by atoms with Crippen LogP contribution in [0, 0.1) is 0 Å². The van der Waals surface area contributed by atoms with Crippen LogP contribution in [0.25, 0.3) is 0 Å². The largest absolute Gasteiger partial charge is 0.543 e. The fraction of sp³-hybridized carbons (Fsp3) is 0.364. The number of thioether (sulfide) groups is 3. The second-order valence-corrected chi connectivity index (χ2v) is 12.2. The normalized spacial score (nSPS) is 19.0.